The molecule has 5 nitrogen and oxygen atoms in total. The summed E-state index contributed by atoms with van der Waals surface area (Å²) in [5.74, 6) is 0.979. The molecule has 0 spiro atoms. The van der Waals surface area contributed by atoms with Crippen LogP contribution in [0, 0.1) is 34.5 Å². The average molecular weight is 629 g/mol. The molecule has 0 radical (unpaired) electrons. The third-order valence-electron chi connectivity index (χ3n) is 13.5. The monoisotopic (exact) mass is 628 g/mol. The molecule has 4 aliphatic carbocycles. The van der Waals surface area contributed by atoms with Gasteiger partial charge in [-0.15, -0.1) is 0 Å². The van der Waals surface area contributed by atoms with E-state index in [1.54, 1.807) is 6.26 Å². The van der Waals surface area contributed by atoms with Crippen molar-refractivity contribution in [2.75, 3.05) is 0 Å². The van der Waals surface area contributed by atoms with E-state index in [-0.39, 0.29) is 34.3 Å². The second kappa shape index (κ2) is 10.9. The second-order valence-corrected chi connectivity index (χ2v) is 20.6. The van der Waals surface area contributed by atoms with Crippen LogP contribution in [0.1, 0.15) is 85.3 Å². The lowest BCUT2D eigenvalue weighted by Gasteiger charge is -2.64. The van der Waals surface area contributed by atoms with Gasteiger partial charge in [-0.05, 0) is 102 Å². The first-order chi connectivity index (χ1) is 21.4. The summed E-state index contributed by atoms with van der Waals surface area (Å²) in [5, 5.41) is 38.6. The molecule has 4 aliphatic rings. The number of aliphatic hydroxyl groups is 3. The van der Waals surface area contributed by atoms with Crippen molar-refractivity contribution in [1.82, 2.24) is 0 Å². The molecule has 4 fully saturated rings. The fourth-order valence-electron chi connectivity index (χ4n) is 11.2. The maximum absolute atomic E-state index is 12.1. The number of furan rings is 1. The van der Waals surface area contributed by atoms with E-state index in [0.717, 1.165) is 38.5 Å². The molecule has 6 heteroatoms. The quantitative estimate of drug-likeness (QED) is 0.285. The van der Waals surface area contributed by atoms with E-state index >= 15 is 0 Å². The van der Waals surface area contributed by atoms with Crippen LogP contribution in [0.2, 0.25) is 5.04 Å². The van der Waals surface area contributed by atoms with E-state index in [1.165, 1.54) is 10.4 Å². The summed E-state index contributed by atoms with van der Waals surface area (Å²) in [4.78, 5) is 0. The Morgan fingerprint density at radius 1 is 0.756 bits per heavy atom. The lowest BCUT2D eigenvalue weighted by molar-refractivity contribution is -0.233. The number of benzene rings is 2. The molecule has 0 aliphatic heterocycles. The highest BCUT2D eigenvalue weighted by Gasteiger charge is 2.69. The molecule has 4 saturated carbocycles. The summed E-state index contributed by atoms with van der Waals surface area (Å²) in [6.07, 6.45) is 5.97. The van der Waals surface area contributed by atoms with Crippen LogP contribution in [0.25, 0.3) is 0 Å². The predicted octanol–water partition coefficient (Wildman–Crippen LogP) is 6.40. The van der Waals surface area contributed by atoms with Gasteiger partial charge in [0.2, 0.25) is 0 Å². The highest BCUT2D eigenvalue weighted by atomic mass is 28.4. The van der Waals surface area contributed by atoms with Gasteiger partial charge in [-0.25, -0.2) is 0 Å². The molecule has 10 atom stereocenters. The molecule has 45 heavy (non-hydrogen) atoms. The molecule has 0 unspecified atom stereocenters. The van der Waals surface area contributed by atoms with Crippen LogP contribution < -0.4 is 10.4 Å². The van der Waals surface area contributed by atoms with Gasteiger partial charge < -0.3 is 24.2 Å². The van der Waals surface area contributed by atoms with Crippen molar-refractivity contribution in [3.8, 4) is 0 Å². The van der Waals surface area contributed by atoms with Crippen molar-refractivity contribution in [1.29, 1.82) is 0 Å². The van der Waals surface area contributed by atoms with E-state index in [4.69, 9.17) is 8.84 Å². The van der Waals surface area contributed by atoms with Crippen molar-refractivity contribution in [2.24, 2.45) is 34.5 Å². The van der Waals surface area contributed by atoms with Crippen molar-refractivity contribution < 1.29 is 24.2 Å². The fourth-order valence-corrected chi connectivity index (χ4v) is 15.9. The molecular formula is C39H52O5Si. The third kappa shape index (κ3) is 4.46. The lowest BCUT2D eigenvalue weighted by Crippen LogP contribution is -2.69. The van der Waals surface area contributed by atoms with Crippen LogP contribution in [-0.4, -0.2) is 41.9 Å². The highest BCUT2D eigenvalue weighted by molar-refractivity contribution is 6.99. The third-order valence-corrected chi connectivity index (χ3v) is 18.6. The first-order valence-electron chi connectivity index (χ1n) is 17.3. The van der Waals surface area contributed by atoms with Crippen molar-refractivity contribution in [3.63, 3.8) is 0 Å². The van der Waals surface area contributed by atoms with E-state index in [0.29, 0.717) is 18.1 Å². The van der Waals surface area contributed by atoms with Crippen molar-refractivity contribution in [2.45, 2.75) is 109 Å². The topological polar surface area (TPSA) is 83.1 Å². The normalized spacial score (nSPS) is 40.0. The minimum atomic E-state index is -2.74. The summed E-state index contributed by atoms with van der Waals surface area (Å²) >= 11 is 0. The molecule has 1 heterocycles. The molecule has 3 aromatic rings. The maximum Gasteiger partial charge on any atom is 0.261 e. The van der Waals surface area contributed by atoms with Crippen LogP contribution in [0.5, 0.6) is 0 Å². The molecule has 0 bridgehead atoms. The Morgan fingerprint density at radius 2 is 1.38 bits per heavy atom. The molecule has 242 valence electrons. The number of rotatable bonds is 5. The minimum Gasteiger partial charge on any atom is -0.466 e. The number of hydrogen-bond acceptors (Lipinski definition) is 5. The zero-order valence-electron chi connectivity index (χ0n) is 27.7. The zero-order valence-corrected chi connectivity index (χ0v) is 28.7. The van der Waals surface area contributed by atoms with Crippen molar-refractivity contribution in [3.05, 3.63) is 84.8 Å². The number of hydrogen-bond donors (Lipinski definition) is 3. The SMILES string of the molecule is CC(C)(C)[Si](O[C@H]1CC[C@@]2(C)[C@H](C1)[C@@H](O)[C@H](O)[C@@H]1[C@@H]2CC[C@@]2(C)[C@H]1CC[C@@]2(O)c1ccco1)(c1ccccc1)c1ccccc1. The zero-order chi connectivity index (χ0) is 31.8. The lowest BCUT2D eigenvalue weighted by atomic mass is 9.43. The smallest absolute Gasteiger partial charge is 0.261 e. The van der Waals surface area contributed by atoms with Crippen LogP contribution in [0.4, 0.5) is 0 Å². The van der Waals surface area contributed by atoms with Crippen LogP contribution in [-0.2, 0) is 10.0 Å². The van der Waals surface area contributed by atoms with Gasteiger partial charge in [0.1, 0.15) is 11.4 Å². The van der Waals surface area contributed by atoms with Crippen LogP contribution in [0.15, 0.2) is 83.5 Å². The first-order valence-corrected chi connectivity index (χ1v) is 19.2. The summed E-state index contributed by atoms with van der Waals surface area (Å²) in [6, 6.07) is 25.4. The average Bonchev–Trinajstić information content (AvgIpc) is 3.67. The van der Waals surface area contributed by atoms with Gasteiger partial charge >= 0.3 is 0 Å². The van der Waals surface area contributed by atoms with Crippen LogP contribution >= 0.6 is 0 Å². The minimum absolute atomic E-state index is 0.00263. The first kappa shape index (κ1) is 31.4. The molecule has 1 aromatic heterocycles. The molecule has 3 N–H and O–H groups in total. The van der Waals surface area contributed by atoms with Crippen molar-refractivity contribution >= 4 is 18.7 Å². The fraction of sp³-hybridized carbons (Fsp3) is 0.590. The van der Waals surface area contributed by atoms with Gasteiger partial charge in [-0.3, -0.25) is 0 Å². The Hall–Kier alpha value is -2.22. The Labute approximate surface area is 270 Å². The molecule has 2 aromatic carbocycles. The van der Waals surface area contributed by atoms with Gasteiger partial charge in [0.15, 0.2) is 0 Å². The van der Waals surface area contributed by atoms with Gasteiger partial charge in [-0.2, -0.15) is 0 Å². The number of aliphatic hydroxyl groups excluding tert-OH is 2. The van der Waals surface area contributed by atoms with Gasteiger partial charge in [-0.1, -0.05) is 95.3 Å². The van der Waals surface area contributed by atoms with Gasteiger partial charge in [0, 0.05) is 11.5 Å². The summed E-state index contributed by atoms with van der Waals surface area (Å²) < 4.78 is 13.4. The van der Waals surface area contributed by atoms with Crippen LogP contribution in [0.3, 0.4) is 0 Å². The molecular weight excluding hydrogens is 577 g/mol. The number of fused-ring (bicyclic) bond motifs is 5. The van der Waals surface area contributed by atoms with E-state index in [1.807, 2.05) is 12.1 Å². The Kier molecular flexibility index (Phi) is 7.61. The standard InChI is InChI=1S/C39H52O5Si/c1-36(2,3)45(27-13-8-6-9-14-27,28-15-10-7-11-16-28)44-26-18-21-37(4)29-19-22-38(5)30(33(29)35(41)34(40)31(37)25-26)20-23-39(38,42)32-17-12-24-43-32/h6-17,24,26,29-31,33-35,40-42H,18-23,25H2,1-5H3/t26-,29-,30-,31+,33+,34+,35+,37+,38-,39+/m0/s1. The largest absolute Gasteiger partial charge is 0.466 e. The van der Waals surface area contributed by atoms with E-state index in [2.05, 4.69) is 95.3 Å². The summed E-state index contributed by atoms with van der Waals surface area (Å²) in [5.41, 5.74) is -1.54. The second-order valence-electron chi connectivity index (χ2n) is 16.4. The van der Waals surface area contributed by atoms with E-state index in [9.17, 15) is 15.3 Å². The molecule has 7 rings (SSSR count). The summed E-state index contributed by atoms with van der Waals surface area (Å²) in [7, 11) is -2.74. The van der Waals surface area contributed by atoms with Gasteiger partial charge in [0.05, 0.1) is 18.5 Å². The Balaban J connectivity index is 1.20. The predicted molar refractivity (Wildman–Crippen MR) is 180 cm³/mol. The Morgan fingerprint density at radius 3 is 1.96 bits per heavy atom. The molecule has 0 saturated heterocycles. The maximum atomic E-state index is 12.1. The summed E-state index contributed by atoms with van der Waals surface area (Å²) in [6.45, 7) is 11.5. The Bertz CT molecular complexity index is 1430. The molecule has 0 amide bonds. The van der Waals surface area contributed by atoms with Gasteiger partial charge in [0.25, 0.3) is 8.32 Å². The van der Waals surface area contributed by atoms with E-state index < -0.39 is 31.5 Å². The highest BCUT2D eigenvalue weighted by Crippen LogP contribution is 2.70.